The number of benzene rings is 2. The van der Waals surface area contributed by atoms with Crippen LogP contribution in [0, 0.1) is 10.1 Å². The number of nitrogens with zero attached hydrogens (tertiary/aromatic N) is 2. The van der Waals surface area contributed by atoms with Crippen LogP contribution in [-0.2, 0) is 7.05 Å². The summed E-state index contributed by atoms with van der Waals surface area (Å²) >= 11 is 5.17. The number of hydrazine groups is 1. The average molecular weight is 399 g/mol. The maximum atomic E-state index is 12.5. The first-order valence-corrected chi connectivity index (χ1v) is 8.55. The van der Waals surface area contributed by atoms with Crippen LogP contribution in [-0.4, -0.2) is 27.6 Å². The van der Waals surface area contributed by atoms with Crippen LogP contribution in [0.3, 0.4) is 0 Å². The number of thiocarbonyl (C=S) groups is 1. The number of fused-ring (bicyclic) bond motifs is 1. The number of aromatic nitrogens is 1. The molecule has 1 aromatic heterocycles. The maximum Gasteiger partial charge on any atom is 0.273 e. The molecule has 3 rings (SSSR count). The fourth-order valence-corrected chi connectivity index (χ4v) is 2.91. The predicted octanol–water partition coefficient (Wildman–Crippen LogP) is 2.73. The molecule has 0 fully saturated rings. The number of non-ortho nitro benzene ring substituents is 1. The van der Waals surface area contributed by atoms with Gasteiger partial charge in [0.15, 0.2) is 5.11 Å². The molecule has 0 saturated heterocycles. The Morgan fingerprint density at radius 3 is 2.68 bits per heavy atom. The molecule has 9 nitrogen and oxygen atoms in total. The third-order valence-corrected chi connectivity index (χ3v) is 4.28. The summed E-state index contributed by atoms with van der Waals surface area (Å²) in [6.45, 7) is 0. The minimum absolute atomic E-state index is 0.0979. The molecule has 0 radical (unpaired) electrons. The van der Waals surface area contributed by atoms with Crippen LogP contribution in [0.25, 0.3) is 10.9 Å². The summed E-state index contributed by atoms with van der Waals surface area (Å²) in [6.07, 6.45) is 1.73. The van der Waals surface area contributed by atoms with E-state index >= 15 is 0 Å². The standard InChI is InChI=1S/C18H17N5O4S/c1-22-10-13(12-5-3-4-6-15(12)22)17(24)20-21-18(28)19-14-8-7-11(23(25)26)9-16(14)27-2/h3-10H,1-2H3,(H,20,24)(H2,19,21,28). The minimum atomic E-state index is -0.521. The highest BCUT2D eigenvalue weighted by molar-refractivity contribution is 7.80. The summed E-state index contributed by atoms with van der Waals surface area (Å²) in [7, 11) is 3.25. The Hall–Kier alpha value is -3.66. The Balaban J connectivity index is 1.67. The van der Waals surface area contributed by atoms with Crippen molar-refractivity contribution in [1.29, 1.82) is 0 Å². The summed E-state index contributed by atoms with van der Waals surface area (Å²) < 4.78 is 7.00. The summed E-state index contributed by atoms with van der Waals surface area (Å²) in [4.78, 5) is 22.8. The molecule has 0 unspecified atom stereocenters. The van der Waals surface area contributed by atoms with E-state index in [1.807, 2.05) is 35.9 Å². The number of carbonyl (C=O) groups excluding carboxylic acids is 1. The van der Waals surface area contributed by atoms with Gasteiger partial charge >= 0.3 is 0 Å². The van der Waals surface area contributed by atoms with Gasteiger partial charge in [-0.1, -0.05) is 18.2 Å². The zero-order chi connectivity index (χ0) is 20.3. The molecule has 28 heavy (non-hydrogen) atoms. The highest BCUT2D eigenvalue weighted by Gasteiger charge is 2.15. The normalized spacial score (nSPS) is 10.4. The highest BCUT2D eigenvalue weighted by Crippen LogP contribution is 2.28. The number of aryl methyl sites for hydroxylation is 1. The van der Waals surface area contributed by atoms with E-state index in [9.17, 15) is 14.9 Å². The Labute approximate surface area is 165 Å². The van der Waals surface area contributed by atoms with Crippen molar-refractivity contribution < 1.29 is 14.5 Å². The highest BCUT2D eigenvalue weighted by atomic mass is 32.1. The number of hydrogen-bond donors (Lipinski definition) is 3. The number of nitrogens with one attached hydrogen (secondary N) is 3. The Kier molecular flexibility index (Phi) is 5.41. The number of amides is 1. The van der Waals surface area contributed by atoms with Crippen LogP contribution in [0.2, 0.25) is 0 Å². The largest absolute Gasteiger partial charge is 0.494 e. The third-order valence-electron chi connectivity index (χ3n) is 4.08. The van der Waals surface area contributed by atoms with Crippen molar-refractivity contribution in [2.75, 3.05) is 12.4 Å². The number of anilines is 1. The van der Waals surface area contributed by atoms with Crippen molar-refractivity contribution in [3.8, 4) is 5.75 Å². The van der Waals surface area contributed by atoms with E-state index in [0.29, 0.717) is 11.3 Å². The first-order chi connectivity index (χ1) is 13.4. The molecule has 3 N–H and O–H groups in total. The van der Waals surface area contributed by atoms with E-state index in [4.69, 9.17) is 17.0 Å². The quantitative estimate of drug-likeness (QED) is 0.351. The van der Waals surface area contributed by atoms with Crippen LogP contribution in [0.1, 0.15) is 10.4 Å². The summed E-state index contributed by atoms with van der Waals surface area (Å²) in [5, 5.41) is 14.6. The van der Waals surface area contributed by atoms with Gasteiger partial charge in [-0.25, -0.2) is 0 Å². The molecular weight excluding hydrogens is 382 g/mol. The lowest BCUT2D eigenvalue weighted by atomic mass is 10.2. The van der Waals surface area contributed by atoms with Gasteiger partial charge in [0, 0.05) is 30.2 Å². The summed E-state index contributed by atoms with van der Waals surface area (Å²) in [5.74, 6) is -0.102. The molecule has 0 bridgehead atoms. The number of ether oxygens (including phenoxy) is 1. The Morgan fingerprint density at radius 2 is 1.96 bits per heavy atom. The van der Waals surface area contributed by atoms with E-state index in [-0.39, 0.29) is 22.5 Å². The lowest BCUT2D eigenvalue weighted by Crippen LogP contribution is -2.43. The SMILES string of the molecule is COc1cc([N+](=O)[O-])ccc1NC(=S)NNC(=O)c1cn(C)c2ccccc12. The number of para-hydroxylation sites is 1. The van der Waals surface area contributed by atoms with Gasteiger partial charge in [-0.3, -0.25) is 25.8 Å². The van der Waals surface area contributed by atoms with E-state index in [1.54, 1.807) is 6.20 Å². The van der Waals surface area contributed by atoms with Crippen molar-refractivity contribution in [2.24, 2.45) is 7.05 Å². The molecule has 1 amide bonds. The molecule has 0 aliphatic rings. The van der Waals surface area contributed by atoms with Gasteiger partial charge in [-0.15, -0.1) is 0 Å². The molecule has 0 aliphatic carbocycles. The summed E-state index contributed by atoms with van der Waals surface area (Å²) in [5.41, 5.74) is 6.90. The van der Waals surface area contributed by atoms with Gasteiger partial charge in [0.1, 0.15) is 5.75 Å². The van der Waals surface area contributed by atoms with Crippen LogP contribution in [0.15, 0.2) is 48.7 Å². The lowest BCUT2D eigenvalue weighted by molar-refractivity contribution is -0.384. The fourth-order valence-electron chi connectivity index (χ4n) is 2.75. The fraction of sp³-hybridized carbons (Fsp3) is 0.111. The predicted molar refractivity (Wildman–Crippen MR) is 109 cm³/mol. The molecule has 0 atom stereocenters. The van der Waals surface area contributed by atoms with Gasteiger partial charge in [-0.2, -0.15) is 0 Å². The van der Waals surface area contributed by atoms with E-state index in [1.165, 1.54) is 25.3 Å². The second-order valence-electron chi connectivity index (χ2n) is 5.85. The summed E-state index contributed by atoms with van der Waals surface area (Å²) in [6, 6.07) is 11.6. The average Bonchev–Trinajstić information content (AvgIpc) is 3.03. The van der Waals surface area contributed by atoms with Crippen molar-refractivity contribution in [3.05, 3.63) is 64.3 Å². The maximum absolute atomic E-state index is 12.5. The molecular formula is C18H17N5O4S. The van der Waals surface area contributed by atoms with Crippen LogP contribution in [0.4, 0.5) is 11.4 Å². The molecule has 1 heterocycles. The van der Waals surface area contributed by atoms with Crippen LogP contribution < -0.4 is 20.9 Å². The monoisotopic (exact) mass is 399 g/mol. The zero-order valence-electron chi connectivity index (χ0n) is 15.1. The van der Waals surface area contributed by atoms with Crippen LogP contribution in [0.5, 0.6) is 5.75 Å². The Bertz CT molecular complexity index is 1080. The molecule has 0 saturated carbocycles. The lowest BCUT2D eigenvalue weighted by Gasteiger charge is -2.13. The van der Waals surface area contributed by atoms with Gasteiger partial charge in [0.2, 0.25) is 0 Å². The number of carbonyl (C=O) groups is 1. The molecule has 3 aromatic rings. The number of hydrogen-bond acceptors (Lipinski definition) is 5. The van der Waals surface area contributed by atoms with Crippen LogP contribution >= 0.6 is 12.2 Å². The van der Waals surface area contributed by atoms with Gasteiger partial charge in [0.25, 0.3) is 11.6 Å². The molecule has 0 spiro atoms. The molecule has 10 heteroatoms. The molecule has 2 aromatic carbocycles. The van der Waals surface area contributed by atoms with E-state index in [0.717, 1.165) is 10.9 Å². The van der Waals surface area contributed by atoms with Crippen molar-refractivity contribution >= 4 is 45.5 Å². The first-order valence-electron chi connectivity index (χ1n) is 8.14. The topological polar surface area (TPSA) is 110 Å². The molecule has 0 aliphatic heterocycles. The van der Waals surface area contributed by atoms with Gasteiger partial charge in [-0.05, 0) is 24.4 Å². The smallest absolute Gasteiger partial charge is 0.273 e. The molecule has 144 valence electrons. The number of rotatable bonds is 4. The van der Waals surface area contributed by atoms with E-state index in [2.05, 4.69) is 16.2 Å². The van der Waals surface area contributed by atoms with Gasteiger partial charge < -0.3 is 14.6 Å². The van der Waals surface area contributed by atoms with E-state index < -0.39 is 4.92 Å². The van der Waals surface area contributed by atoms with Crippen molar-refractivity contribution in [1.82, 2.24) is 15.4 Å². The third kappa shape index (κ3) is 3.86. The zero-order valence-corrected chi connectivity index (χ0v) is 15.9. The van der Waals surface area contributed by atoms with Gasteiger partial charge in [0.05, 0.1) is 29.4 Å². The van der Waals surface area contributed by atoms with Crippen molar-refractivity contribution in [3.63, 3.8) is 0 Å². The number of nitro benzene ring substituents is 1. The number of nitro groups is 1. The minimum Gasteiger partial charge on any atom is -0.494 e. The second-order valence-corrected chi connectivity index (χ2v) is 6.25. The number of methoxy groups -OCH3 is 1. The second kappa shape index (κ2) is 7.92. The first kappa shape index (κ1) is 19.1. The Morgan fingerprint density at radius 1 is 1.21 bits per heavy atom. The van der Waals surface area contributed by atoms with Crippen molar-refractivity contribution in [2.45, 2.75) is 0 Å².